The molecule has 3 aromatic rings. The SMILES string of the molecule is CCc1cccc(C)c1-n1c(-c2ccc(O)cc2O)n[nH]c1=S. The molecule has 118 valence electrons. The van der Waals surface area contributed by atoms with Gasteiger partial charge in [0.05, 0.1) is 11.3 Å². The van der Waals surface area contributed by atoms with Crippen molar-refractivity contribution in [3.63, 3.8) is 0 Å². The van der Waals surface area contributed by atoms with E-state index in [2.05, 4.69) is 23.2 Å². The highest BCUT2D eigenvalue weighted by atomic mass is 32.1. The molecule has 0 bridgehead atoms. The largest absolute Gasteiger partial charge is 0.508 e. The van der Waals surface area contributed by atoms with E-state index >= 15 is 0 Å². The molecule has 0 saturated carbocycles. The number of aromatic nitrogens is 3. The monoisotopic (exact) mass is 327 g/mol. The second-order valence-electron chi connectivity index (χ2n) is 5.33. The summed E-state index contributed by atoms with van der Waals surface area (Å²) in [5, 5.41) is 26.7. The van der Waals surface area contributed by atoms with Crippen molar-refractivity contribution in [2.24, 2.45) is 0 Å². The molecule has 3 rings (SSSR count). The first kappa shape index (κ1) is 15.3. The number of rotatable bonds is 3. The van der Waals surface area contributed by atoms with Crippen molar-refractivity contribution in [1.82, 2.24) is 14.8 Å². The lowest BCUT2D eigenvalue weighted by Crippen LogP contribution is -2.04. The van der Waals surface area contributed by atoms with Gasteiger partial charge in [0.15, 0.2) is 10.6 Å². The first-order valence-corrected chi connectivity index (χ1v) is 7.72. The molecule has 3 N–H and O–H groups in total. The van der Waals surface area contributed by atoms with Crippen LogP contribution in [0.25, 0.3) is 17.1 Å². The number of phenols is 2. The number of nitrogens with zero attached hydrogens (tertiary/aromatic N) is 2. The Hall–Kier alpha value is -2.60. The summed E-state index contributed by atoms with van der Waals surface area (Å²) < 4.78 is 2.28. The van der Waals surface area contributed by atoms with Crippen LogP contribution in [0.2, 0.25) is 0 Å². The van der Waals surface area contributed by atoms with E-state index in [1.807, 2.05) is 23.6 Å². The van der Waals surface area contributed by atoms with Crippen LogP contribution in [0.15, 0.2) is 36.4 Å². The fraction of sp³-hybridized carbons (Fsp3) is 0.176. The van der Waals surface area contributed by atoms with Crippen LogP contribution in [0.5, 0.6) is 11.5 Å². The molecule has 0 atom stereocenters. The molecular weight excluding hydrogens is 310 g/mol. The predicted octanol–water partition coefficient (Wildman–Crippen LogP) is 3.88. The van der Waals surface area contributed by atoms with Gasteiger partial charge in [-0.25, -0.2) is 0 Å². The van der Waals surface area contributed by atoms with Crippen molar-refractivity contribution in [3.05, 3.63) is 52.3 Å². The van der Waals surface area contributed by atoms with E-state index in [9.17, 15) is 10.2 Å². The highest BCUT2D eigenvalue weighted by Gasteiger charge is 2.17. The van der Waals surface area contributed by atoms with Gasteiger partial charge in [0, 0.05) is 6.07 Å². The molecule has 0 amide bonds. The minimum Gasteiger partial charge on any atom is -0.508 e. The van der Waals surface area contributed by atoms with E-state index in [-0.39, 0.29) is 11.5 Å². The Morgan fingerprint density at radius 2 is 2.00 bits per heavy atom. The smallest absolute Gasteiger partial charge is 0.200 e. The second-order valence-corrected chi connectivity index (χ2v) is 5.71. The van der Waals surface area contributed by atoms with Gasteiger partial charge in [0.25, 0.3) is 0 Å². The number of para-hydroxylation sites is 1. The molecule has 0 spiro atoms. The summed E-state index contributed by atoms with van der Waals surface area (Å²) >= 11 is 5.40. The van der Waals surface area contributed by atoms with E-state index in [1.165, 1.54) is 12.1 Å². The Kier molecular flexibility index (Phi) is 3.92. The molecule has 0 fully saturated rings. The predicted molar refractivity (Wildman–Crippen MR) is 91.6 cm³/mol. The van der Waals surface area contributed by atoms with Gasteiger partial charge in [0.2, 0.25) is 0 Å². The van der Waals surface area contributed by atoms with E-state index in [1.54, 1.807) is 6.07 Å². The molecule has 6 heteroatoms. The summed E-state index contributed by atoms with van der Waals surface area (Å²) in [5.74, 6) is 0.459. The number of nitrogens with one attached hydrogen (secondary N) is 1. The Bertz CT molecular complexity index is 928. The first-order valence-electron chi connectivity index (χ1n) is 7.31. The van der Waals surface area contributed by atoms with Gasteiger partial charge in [-0.05, 0) is 48.8 Å². The number of aromatic amines is 1. The van der Waals surface area contributed by atoms with Gasteiger partial charge in [-0.2, -0.15) is 5.10 Å². The fourth-order valence-corrected chi connectivity index (χ4v) is 2.94. The zero-order chi connectivity index (χ0) is 16.6. The Morgan fingerprint density at radius 1 is 1.22 bits per heavy atom. The van der Waals surface area contributed by atoms with Crippen molar-refractivity contribution in [3.8, 4) is 28.6 Å². The van der Waals surface area contributed by atoms with Crippen molar-refractivity contribution in [2.45, 2.75) is 20.3 Å². The fourth-order valence-electron chi connectivity index (χ4n) is 2.72. The summed E-state index contributed by atoms with van der Waals surface area (Å²) in [6.07, 6.45) is 0.852. The van der Waals surface area contributed by atoms with Gasteiger partial charge in [-0.1, -0.05) is 25.1 Å². The van der Waals surface area contributed by atoms with Crippen LogP contribution in [0, 0.1) is 11.7 Å². The number of hydrogen-bond donors (Lipinski definition) is 3. The van der Waals surface area contributed by atoms with Crippen LogP contribution < -0.4 is 0 Å². The summed E-state index contributed by atoms with van der Waals surface area (Å²) in [7, 11) is 0. The lowest BCUT2D eigenvalue weighted by atomic mass is 10.0. The van der Waals surface area contributed by atoms with Gasteiger partial charge < -0.3 is 10.2 Å². The second kappa shape index (κ2) is 5.89. The molecule has 0 radical (unpaired) electrons. The average molecular weight is 327 g/mol. The zero-order valence-corrected chi connectivity index (χ0v) is 13.7. The number of H-pyrrole nitrogens is 1. The molecule has 0 aliphatic heterocycles. The molecule has 1 heterocycles. The normalized spacial score (nSPS) is 10.9. The van der Waals surface area contributed by atoms with Crippen molar-refractivity contribution in [1.29, 1.82) is 0 Å². The summed E-state index contributed by atoms with van der Waals surface area (Å²) in [6, 6.07) is 10.5. The maximum Gasteiger partial charge on any atom is 0.200 e. The maximum atomic E-state index is 10.2. The van der Waals surface area contributed by atoms with E-state index in [0.29, 0.717) is 16.2 Å². The third kappa shape index (κ3) is 2.61. The highest BCUT2D eigenvalue weighted by molar-refractivity contribution is 7.71. The molecule has 5 nitrogen and oxygen atoms in total. The van der Waals surface area contributed by atoms with Crippen LogP contribution in [0.3, 0.4) is 0 Å². The molecule has 0 aliphatic rings. The third-order valence-corrected chi connectivity index (χ3v) is 4.09. The Balaban J connectivity index is 2.32. The molecular formula is C17H17N3O2S. The van der Waals surface area contributed by atoms with Gasteiger partial charge >= 0.3 is 0 Å². The highest BCUT2D eigenvalue weighted by Crippen LogP contribution is 2.33. The van der Waals surface area contributed by atoms with Crippen LogP contribution >= 0.6 is 12.2 Å². The molecule has 0 unspecified atom stereocenters. The summed E-state index contributed by atoms with van der Waals surface area (Å²) in [4.78, 5) is 0. The minimum atomic E-state index is -0.0492. The van der Waals surface area contributed by atoms with Gasteiger partial charge in [0.1, 0.15) is 11.5 Å². The lowest BCUT2D eigenvalue weighted by Gasteiger charge is -2.15. The van der Waals surface area contributed by atoms with Crippen LogP contribution in [-0.4, -0.2) is 25.0 Å². The molecule has 0 aliphatic carbocycles. The van der Waals surface area contributed by atoms with E-state index in [4.69, 9.17) is 12.2 Å². The van der Waals surface area contributed by atoms with Gasteiger partial charge in [-0.3, -0.25) is 9.67 Å². The van der Waals surface area contributed by atoms with Crippen LogP contribution in [-0.2, 0) is 6.42 Å². The van der Waals surface area contributed by atoms with Crippen molar-refractivity contribution < 1.29 is 10.2 Å². The van der Waals surface area contributed by atoms with Crippen LogP contribution in [0.4, 0.5) is 0 Å². The van der Waals surface area contributed by atoms with E-state index < -0.39 is 0 Å². The van der Waals surface area contributed by atoms with Gasteiger partial charge in [-0.15, -0.1) is 0 Å². The number of benzene rings is 2. The summed E-state index contributed by atoms with van der Waals surface area (Å²) in [6.45, 7) is 4.10. The lowest BCUT2D eigenvalue weighted by molar-refractivity contribution is 0.451. The number of phenolic OH excluding ortho intramolecular Hbond substituents is 2. The molecule has 0 saturated heterocycles. The molecule has 2 aromatic carbocycles. The minimum absolute atomic E-state index is 0.00271. The summed E-state index contributed by atoms with van der Waals surface area (Å²) in [5.41, 5.74) is 3.68. The zero-order valence-electron chi connectivity index (χ0n) is 12.9. The Morgan fingerprint density at radius 3 is 2.70 bits per heavy atom. The number of aromatic hydroxyl groups is 2. The van der Waals surface area contributed by atoms with Crippen molar-refractivity contribution in [2.75, 3.05) is 0 Å². The van der Waals surface area contributed by atoms with Crippen LogP contribution in [0.1, 0.15) is 18.1 Å². The average Bonchev–Trinajstić information content (AvgIpc) is 2.88. The first-order chi connectivity index (χ1) is 11.0. The topological polar surface area (TPSA) is 74.1 Å². The number of aryl methyl sites for hydroxylation is 2. The number of hydrogen-bond acceptors (Lipinski definition) is 4. The molecule has 1 aromatic heterocycles. The van der Waals surface area contributed by atoms with Crippen molar-refractivity contribution >= 4 is 12.2 Å². The Labute approximate surface area is 138 Å². The quantitative estimate of drug-likeness (QED) is 0.638. The van der Waals surface area contributed by atoms with E-state index in [0.717, 1.165) is 23.2 Å². The molecule has 23 heavy (non-hydrogen) atoms. The standard InChI is InChI=1S/C17H17N3O2S/c1-3-11-6-4-5-10(2)15(11)20-16(18-19-17(20)23)13-8-7-12(21)9-14(13)22/h4-9,21-22H,3H2,1-2H3,(H,19,23). The third-order valence-electron chi connectivity index (χ3n) is 3.82. The maximum absolute atomic E-state index is 10.2.